The Hall–Kier alpha value is -1.07. The number of hydrogen-bond acceptors (Lipinski definition) is 2. The van der Waals surface area contributed by atoms with E-state index >= 15 is 0 Å². The highest BCUT2D eigenvalue weighted by Crippen LogP contribution is 2.32. The number of alkyl halides is 3. The first-order valence-electron chi connectivity index (χ1n) is 6.96. The Balaban J connectivity index is 3.08. The number of benzene rings is 1. The third-order valence-electron chi connectivity index (χ3n) is 3.15. The summed E-state index contributed by atoms with van der Waals surface area (Å²) in [5, 5.41) is 3.22. The van der Waals surface area contributed by atoms with Crippen molar-refractivity contribution in [1.29, 1.82) is 0 Å². The third-order valence-corrected chi connectivity index (χ3v) is 3.15. The fourth-order valence-corrected chi connectivity index (χ4v) is 2.26. The summed E-state index contributed by atoms with van der Waals surface area (Å²) in [6.07, 6.45) is -3.72. The topological polar surface area (TPSA) is 21.3 Å². The molecule has 2 unspecified atom stereocenters. The summed E-state index contributed by atoms with van der Waals surface area (Å²) in [5.41, 5.74) is -0.00812. The lowest BCUT2D eigenvalue weighted by atomic mass is 9.97. The van der Waals surface area contributed by atoms with E-state index in [2.05, 4.69) is 5.32 Å². The van der Waals surface area contributed by atoms with E-state index in [0.29, 0.717) is 18.7 Å². The number of nitrogens with one attached hydrogen (secondary N) is 1. The van der Waals surface area contributed by atoms with E-state index in [0.717, 1.165) is 12.5 Å². The molecule has 0 aliphatic rings. The first-order chi connectivity index (χ1) is 9.43. The van der Waals surface area contributed by atoms with Gasteiger partial charge >= 0.3 is 6.18 Å². The molecular formula is C15H22F3NO. The van der Waals surface area contributed by atoms with Gasteiger partial charge in [0, 0.05) is 6.61 Å². The Bertz CT molecular complexity index is 406. The second-order valence-corrected chi connectivity index (χ2v) is 4.56. The van der Waals surface area contributed by atoms with Crippen molar-refractivity contribution in [3.8, 4) is 0 Å². The van der Waals surface area contributed by atoms with Crippen LogP contribution in [0.15, 0.2) is 24.3 Å². The van der Waals surface area contributed by atoms with E-state index in [9.17, 15) is 13.2 Å². The number of ether oxygens (including phenoxy) is 1. The molecule has 0 aliphatic carbocycles. The molecule has 1 aromatic carbocycles. The summed E-state index contributed by atoms with van der Waals surface area (Å²) < 4.78 is 44.0. The molecule has 20 heavy (non-hydrogen) atoms. The van der Waals surface area contributed by atoms with Gasteiger partial charge in [0.1, 0.15) is 0 Å². The molecule has 0 aliphatic heterocycles. The molecule has 0 heterocycles. The van der Waals surface area contributed by atoms with Crippen molar-refractivity contribution in [2.45, 2.75) is 45.5 Å². The monoisotopic (exact) mass is 289 g/mol. The van der Waals surface area contributed by atoms with Crippen molar-refractivity contribution < 1.29 is 17.9 Å². The number of hydrogen-bond donors (Lipinski definition) is 1. The second-order valence-electron chi connectivity index (χ2n) is 4.56. The van der Waals surface area contributed by atoms with Crippen LogP contribution in [0, 0.1) is 0 Å². The van der Waals surface area contributed by atoms with E-state index < -0.39 is 11.7 Å². The van der Waals surface area contributed by atoms with Crippen LogP contribution in [-0.2, 0) is 10.9 Å². The van der Waals surface area contributed by atoms with Crippen LogP contribution >= 0.6 is 0 Å². The van der Waals surface area contributed by atoms with Gasteiger partial charge in [-0.15, -0.1) is 0 Å². The SMILES string of the molecule is CCNC(c1cccc(C(F)(F)F)c1)C(CC)OCC. The fraction of sp³-hybridized carbons (Fsp3) is 0.600. The third kappa shape index (κ3) is 4.49. The summed E-state index contributed by atoms with van der Waals surface area (Å²) in [6, 6.07) is 5.22. The van der Waals surface area contributed by atoms with Gasteiger partial charge in [-0.05, 0) is 37.6 Å². The molecule has 2 atom stereocenters. The van der Waals surface area contributed by atoms with Gasteiger partial charge in [0.05, 0.1) is 17.7 Å². The van der Waals surface area contributed by atoms with Gasteiger partial charge in [0.2, 0.25) is 0 Å². The van der Waals surface area contributed by atoms with Crippen molar-refractivity contribution in [3.63, 3.8) is 0 Å². The lowest BCUT2D eigenvalue weighted by Crippen LogP contribution is -2.33. The first kappa shape index (κ1) is 17.0. The van der Waals surface area contributed by atoms with Gasteiger partial charge in [-0.3, -0.25) is 0 Å². The molecule has 114 valence electrons. The minimum absolute atomic E-state index is 0.136. The van der Waals surface area contributed by atoms with Gasteiger partial charge in [0.25, 0.3) is 0 Å². The van der Waals surface area contributed by atoms with Crippen molar-refractivity contribution in [2.75, 3.05) is 13.2 Å². The highest BCUT2D eigenvalue weighted by molar-refractivity contribution is 5.28. The van der Waals surface area contributed by atoms with E-state index in [-0.39, 0.29) is 12.1 Å². The smallest absolute Gasteiger partial charge is 0.377 e. The molecule has 0 amide bonds. The lowest BCUT2D eigenvalue weighted by molar-refractivity contribution is -0.137. The van der Waals surface area contributed by atoms with Crippen LogP contribution < -0.4 is 5.32 Å². The number of likely N-dealkylation sites (N-methyl/N-ethyl adjacent to an activating group) is 1. The molecular weight excluding hydrogens is 267 g/mol. The summed E-state index contributed by atoms with van der Waals surface area (Å²) in [6.45, 7) is 7.00. The average Bonchev–Trinajstić information content (AvgIpc) is 2.42. The van der Waals surface area contributed by atoms with E-state index in [1.54, 1.807) is 6.07 Å². The summed E-state index contributed by atoms with van der Waals surface area (Å²) >= 11 is 0. The van der Waals surface area contributed by atoms with Crippen LogP contribution in [0.2, 0.25) is 0 Å². The van der Waals surface area contributed by atoms with Crippen molar-refractivity contribution in [1.82, 2.24) is 5.32 Å². The molecule has 0 bridgehead atoms. The van der Waals surface area contributed by atoms with E-state index in [1.165, 1.54) is 12.1 Å². The predicted octanol–water partition coefficient (Wildman–Crippen LogP) is 4.17. The Morgan fingerprint density at radius 1 is 1.20 bits per heavy atom. The zero-order valence-electron chi connectivity index (χ0n) is 12.1. The first-order valence-corrected chi connectivity index (χ1v) is 6.96. The fourth-order valence-electron chi connectivity index (χ4n) is 2.26. The Morgan fingerprint density at radius 2 is 1.90 bits per heavy atom. The van der Waals surface area contributed by atoms with E-state index in [4.69, 9.17) is 4.74 Å². The molecule has 1 rings (SSSR count). The molecule has 0 aromatic heterocycles. The second kappa shape index (κ2) is 7.64. The van der Waals surface area contributed by atoms with Gasteiger partial charge in [-0.2, -0.15) is 13.2 Å². The van der Waals surface area contributed by atoms with Crippen molar-refractivity contribution in [2.24, 2.45) is 0 Å². The highest BCUT2D eigenvalue weighted by Gasteiger charge is 2.31. The number of halogens is 3. The van der Waals surface area contributed by atoms with Gasteiger partial charge in [-0.1, -0.05) is 26.0 Å². The maximum absolute atomic E-state index is 12.8. The number of rotatable bonds is 7. The quantitative estimate of drug-likeness (QED) is 0.813. The van der Waals surface area contributed by atoms with Crippen LogP contribution in [0.4, 0.5) is 13.2 Å². The van der Waals surface area contributed by atoms with E-state index in [1.807, 2.05) is 20.8 Å². The van der Waals surface area contributed by atoms with Crippen LogP contribution in [0.25, 0.3) is 0 Å². The molecule has 5 heteroatoms. The summed E-state index contributed by atoms with van der Waals surface area (Å²) in [7, 11) is 0. The Labute approximate surface area is 118 Å². The lowest BCUT2D eigenvalue weighted by Gasteiger charge is -2.27. The molecule has 0 saturated heterocycles. The maximum atomic E-state index is 12.8. The summed E-state index contributed by atoms with van der Waals surface area (Å²) in [4.78, 5) is 0. The predicted molar refractivity (Wildman–Crippen MR) is 73.6 cm³/mol. The standard InChI is InChI=1S/C15H22F3NO/c1-4-13(20-6-3)14(19-5-2)11-8-7-9-12(10-11)15(16,17)18/h7-10,13-14,19H,4-6H2,1-3H3. The zero-order chi connectivity index (χ0) is 15.2. The van der Waals surface area contributed by atoms with Crippen LogP contribution in [0.3, 0.4) is 0 Å². The normalized spacial score (nSPS) is 15.1. The molecule has 0 spiro atoms. The van der Waals surface area contributed by atoms with Gasteiger partial charge in [-0.25, -0.2) is 0 Å². The highest BCUT2D eigenvalue weighted by atomic mass is 19.4. The largest absolute Gasteiger partial charge is 0.416 e. The van der Waals surface area contributed by atoms with Gasteiger partial charge < -0.3 is 10.1 Å². The van der Waals surface area contributed by atoms with Gasteiger partial charge in [0.15, 0.2) is 0 Å². The van der Waals surface area contributed by atoms with Crippen molar-refractivity contribution in [3.05, 3.63) is 35.4 Å². The molecule has 0 radical (unpaired) electrons. The average molecular weight is 289 g/mol. The minimum Gasteiger partial charge on any atom is -0.377 e. The molecule has 2 nitrogen and oxygen atoms in total. The minimum atomic E-state index is -4.32. The Kier molecular flexibility index (Phi) is 6.49. The molecule has 1 N–H and O–H groups in total. The zero-order valence-corrected chi connectivity index (χ0v) is 12.1. The molecule has 0 fully saturated rings. The summed E-state index contributed by atoms with van der Waals surface area (Å²) in [5.74, 6) is 0. The molecule has 1 aromatic rings. The van der Waals surface area contributed by atoms with Crippen LogP contribution in [0.1, 0.15) is 44.4 Å². The van der Waals surface area contributed by atoms with Crippen LogP contribution in [0.5, 0.6) is 0 Å². The van der Waals surface area contributed by atoms with Crippen molar-refractivity contribution >= 4 is 0 Å². The molecule has 0 saturated carbocycles. The van der Waals surface area contributed by atoms with Crippen LogP contribution in [-0.4, -0.2) is 19.3 Å². The Morgan fingerprint density at radius 3 is 2.40 bits per heavy atom. The maximum Gasteiger partial charge on any atom is 0.416 e.